The van der Waals surface area contributed by atoms with E-state index in [2.05, 4.69) is 5.32 Å². The third-order valence-corrected chi connectivity index (χ3v) is 5.43. The van der Waals surface area contributed by atoms with Crippen molar-refractivity contribution in [3.05, 3.63) is 112 Å². The van der Waals surface area contributed by atoms with Gasteiger partial charge in [-0.15, -0.1) is 0 Å². The average molecular weight is 473 g/mol. The second kappa shape index (κ2) is 10.2. The minimum atomic E-state index is -0.587. The van der Waals surface area contributed by atoms with Gasteiger partial charge in [0.15, 0.2) is 0 Å². The monoisotopic (exact) mass is 472 g/mol. The van der Waals surface area contributed by atoms with E-state index in [9.17, 15) is 10.1 Å². The molecule has 0 aliphatic rings. The maximum absolute atomic E-state index is 12.8. The zero-order valence-electron chi connectivity index (χ0n) is 17.4. The van der Waals surface area contributed by atoms with Gasteiger partial charge in [0.2, 0.25) is 0 Å². The maximum Gasteiger partial charge on any atom is 0.266 e. The van der Waals surface area contributed by atoms with Gasteiger partial charge < -0.3 is 5.32 Å². The van der Waals surface area contributed by atoms with Gasteiger partial charge in [-0.25, -0.2) is 0 Å². The molecule has 0 aliphatic heterocycles. The van der Waals surface area contributed by atoms with Crippen LogP contribution in [0.5, 0.6) is 0 Å². The fourth-order valence-corrected chi connectivity index (χ4v) is 3.64. The summed E-state index contributed by atoms with van der Waals surface area (Å²) in [6, 6.07) is 26.3. The van der Waals surface area contributed by atoms with Crippen LogP contribution in [-0.4, -0.2) is 15.7 Å². The Hall–Kier alpha value is -3.85. The van der Waals surface area contributed by atoms with E-state index in [1.165, 1.54) is 12.1 Å². The number of rotatable bonds is 6. The van der Waals surface area contributed by atoms with Gasteiger partial charge in [-0.05, 0) is 29.8 Å². The molecule has 0 fully saturated rings. The quantitative estimate of drug-likeness (QED) is 0.258. The minimum absolute atomic E-state index is 0.0810. The zero-order chi connectivity index (χ0) is 23.2. The summed E-state index contributed by atoms with van der Waals surface area (Å²) in [5.41, 5.74) is 3.55. The van der Waals surface area contributed by atoms with E-state index in [1.54, 1.807) is 16.8 Å². The summed E-state index contributed by atoms with van der Waals surface area (Å²) in [6.45, 7) is 0.556. The number of carbonyl (C=O) groups is 1. The Bertz CT molecular complexity index is 1360. The highest BCUT2D eigenvalue weighted by molar-refractivity contribution is 6.36. The van der Waals surface area contributed by atoms with Gasteiger partial charge in [0.05, 0.1) is 22.9 Å². The molecule has 4 rings (SSSR count). The van der Waals surface area contributed by atoms with Gasteiger partial charge >= 0.3 is 0 Å². The molecule has 1 heterocycles. The summed E-state index contributed by atoms with van der Waals surface area (Å²) in [4.78, 5) is 12.8. The minimum Gasteiger partial charge on any atom is -0.320 e. The number of aromatic nitrogens is 2. The molecular weight excluding hydrogens is 455 g/mol. The lowest BCUT2D eigenvalue weighted by Gasteiger charge is -2.07. The normalized spacial score (nSPS) is 11.1. The molecule has 0 saturated heterocycles. The van der Waals surface area contributed by atoms with Crippen molar-refractivity contribution < 1.29 is 4.79 Å². The summed E-state index contributed by atoms with van der Waals surface area (Å²) in [5.74, 6) is -0.587. The molecule has 0 aliphatic carbocycles. The van der Waals surface area contributed by atoms with Gasteiger partial charge in [0.1, 0.15) is 11.6 Å². The van der Waals surface area contributed by atoms with Gasteiger partial charge in [0.25, 0.3) is 5.91 Å². The first-order valence-corrected chi connectivity index (χ1v) is 10.8. The number of nitriles is 1. The second-order valence-electron chi connectivity index (χ2n) is 7.23. The van der Waals surface area contributed by atoms with Crippen LogP contribution in [0.15, 0.2) is 90.6 Å². The van der Waals surface area contributed by atoms with E-state index in [0.717, 1.165) is 11.1 Å². The van der Waals surface area contributed by atoms with Gasteiger partial charge in [-0.1, -0.05) is 83.9 Å². The molecule has 0 spiro atoms. The van der Waals surface area contributed by atoms with E-state index >= 15 is 0 Å². The third kappa shape index (κ3) is 5.50. The van der Waals surface area contributed by atoms with Crippen molar-refractivity contribution >= 4 is 40.9 Å². The van der Waals surface area contributed by atoms with Crippen molar-refractivity contribution in [2.75, 3.05) is 5.32 Å². The average Bonchev–Trinajstić information content (AvgIpc) is 3.23. The van der Waals surface area contributed by atoms with Crippen LogP contribution in [0.1, 0.15) is 11.1 Å². The summed E-state index contributed by atoms with van der Waals surface area (Å²) < 4.78 is 1.80. The number of nitrogens with one attached hydrogen (secondary N) is 1. The summed E-state index contributed by atoms with van der Waals surface area (Å²) in [7, 11) is 0. The number of nitrogens with zero attached hydrogens (tertiary/aromatic N) is 3. The largest absolute Gasteiger partial charge is 0.320 e. The first-order valence-electron chi connectivity index (χ1n) is 10.1. The van der Waals surface area contributed by atoms with Gasteiger partial charge in [-0.3, -0.25) is 9.48 Å². The highest BCUT2D eigenvalue weighted by Gasteiger charge is 2.16. The number of benzene rings is 3. The molecule has 1 aromatic heterocycles. The van der Waals surface area contributed by atoms with E-state index in [4.69, 9.17) is 28.3 Å². The van der Waals surface area contributed by atoms with Crippen LogP contribution in [0.25, 0.3) is 17.3 Å². The molecule has 0 saturated carbocycles. The van der Waals surface area contributed by atoms with Crippen molar-refractivity contribution in [2.24, 2.45) is 0 Å². The molecule has 0 atom stereocenters. The smallest absolute Gasteiger partial charge is 0.266 e. The number of carbonyl (C=O) groups excluding carboxylic acids is 1. The molecule has 1 amide bonds. The van der Waals surface area contributed by atoms with Crippen LogP contribution < -0.4 is 5.32 Å². The topological polar surface area (TPSA) is 70.7 Å². The molecule has 0 bridgehead atoms. The molecule has 0 radical (unpaired) electrons. The Balaban J connectivity index is 1.70. The number of anilines is 1. The lowest BCUT2D eigenvalue weighted by Crippen LogP contribution is -2.13. The Kier molecular flexibility index (Phi) is 6.89. The fraction of sp³-hybridized carbons (Fsp3) is 0.0385. The predicted octanol–water partition coefficient (Wildman–Crippen LogP) is 6.45. The molecule has 1 N–H and O–H groups in total. The highest BCUT2D eigenvalue weighted by atomic mass is 35.5. The number of hydrogen-bond acceptors (Lipinski definition) is 3. The third-order valence-electron chi connectivity index (χ3n) is 4.87. The zero-order valence-corrected chi connectivity index (χ0v) is 18.9. The van der Waals surface area contributed by atoms with Gasteiger partial charge in [0, 0.05) is 22.3 Å². The molecule has 3 aromatic carbocycles. The SMILES string of the molecule is N#CC(=Cc1cn(Cc2ccccc2)nc1-c1ccccc1)C(=O)Nc1cc(Cl)ccc1Cl. The number of amides is 1. The fourth-order valence-electron chi connectivity index (χ4n) is 3.30. The van der Waals surface area contributed by atoms with Crippen molar-refractivity contribution in [2.45, 2.75) is 6.54 Å². The van der Waals surface area contributed by atoms with Crippen molar-refractivity contribution in [3.8, 4) is 17.3 Å². The number of hydrogen-bond donors (Lipinski definition) is 1. The Morgan fingerprint density at radius 1 is 1.03 bits per heavy atom. The molecule has 162 valence electrons. The predicted molar refractivity (Wildman–Crippen MR) is 132 cm³/mol. The molecule has 33 heavy (non-hydrogen) atoms. The Morgan fingerprint density at radius 2 is 1.73 bits per heavy atom. The molecule has 4 aromatic rings. The standard InChI is InChI=1S/C26H18Cl2N4O/c27-22-11-12-23(28)24(14-22)30-26(33)20(15-29)13-21-17-32(16-18-7-3-1-4-8-18)31-25(21)19-9-5-2-6-10-19/h1-14,17H,16H2,(H,30,33). The summed E-state index contributed by atoms with van der Waals surface area (Å²) >= 11 is 12.1. The van der Waals surface area contributed by atoms with Crippen LogP contribution >= 0.6 is 23.2 Å². The van der Waals surface area contributed by atoms with Gasteiger partial charge in [-0.2, -0.15) is 10.4 Å². The summed E-state index contributed by atoms with van der Waals surface area (Å²) in [5, 5.41) is 17.8. The van der Waals surface area contributed by atoms with E-state index < -0.39 is 5.91 Å². The van der Waals surface area contributed by atoms with E-state index in [-0.39, 0.29) is 5.57 Å². The Morgan fingerprint density at radius 3 is 2.42 bits per heavy atom. The second-order valence-corrected chi connectivity index (χ2v) is 8.07. The van der Waals surface area contributed by atoms with Crippen LogP contribution in [0.3, 0.4) is 0 Å². The first kappa shape index (κ1) is 22.3. The lowest BCUT2D eigenvalue weighted by molar-refractivity contribution is -0.112. The van der Waals surface area contributed by atoms with Crippen LogP contribution in [0.4, 0.5) is 5.69 Å². The molecule has 0 unspecified atom stereocenters. The van der Waals surface area contributed by atoms with Crippen molar-refractivity contribution in [3.63, 3.8) is 0 Å². The van der Waals surface area contributed by atoms with Crippen LogP contribution in [0, 0.1) is 11.3 Å². The van der Waals surface area contributed by atoms with Crippen molar-refractivity contribution in [1.29, 1.82) is 5.26 Å². The first-order chi connectivity index (χ1) is 16.0. The van der Waals surface area contributed by atoms with Crippen LogP contribution in [-0.2, 0) is 11.3 Å². The Labute approximate surface area is 201 Å². The van der Waals surface area contributed by atoms with E-state index in [0.29, 0.717) is 33.5 Å². The van der Waals surface area contributed by atoms with E-state index in [1.807, 2.05) is 72.9 Å². The number of halogens is 2. The lowest BCUT2D eigenvalue weighted by atomic mass is 10.1. The highest BCUT2D eigenvalue weighted by Crippen LogP contribution is 2.27. The van der Waals surface area contributed by atoms with Crippen LogP contribution in [0.2, 0.25) is 10.0 Å². The molecule has 7 heteroatoms. The summed E-state index contributed by atoms with van der Waals surface area (Å²) in [6.07, 6.45) is 3.36. The maximum atomic E-state index is 12.8. The molecular formula is C26H18Cl2N4O. The molecule has 5 nitrogen and oxygen atoms in total. The van der Waals surface area contributed by atoms with Crippen molar-refractivity contribution in [1.82, 2.24) is 9.78 Å².